The van der Waals surface area contributed by atoms with Crippen molar-refractivity contribution < 1.29 is 15.0 Å². The zero-order valence-electron chi connectivity index (χ0n) is 14.5. The Hall–Kier alpha value is -1.63. The SMILES string of the molecule is CC(C)(C1CCN(C(=O)CO)CC1)[C@@H](O)c1cc(Cl)cc2[nH]ncc12. The molecule has 0 spiro atoms. The van der Waals surface area contributed by atoms with Gasteiger partial charge in [0.25, 0.3) is 0 Å². The number of carbonyl (C=O) groups is 1. The first-order chi connectivity index (χ1) is 11.8. The normalized spacial score (nSPS) is 17.9. The fraction of sp³-hybridized carbons (Fsp3) is 0.556. The van der Waals surface area contributed by atoms with Crippen molar-refractivity contribution in [3.8, 4) is 0 Å². The first kappa shape index (κ1) is 18.2. The third-order valence-electron chi connectivity index (χ3n) is 5.59. The van der Waals surface area contributed by atoms with Gasteiger partial charge in [0, 0.05) is 23.5 Å². The summed E-state index contributed by atoms with van der Waals surface area (Å²) in [6, 6.07) is 3.60. The fourth-order valence-corrected chi connectivity index (χ4v) is 4.09. The zero-order chi connectivity index (χ0) is 18.2. The van der Waals surface area contributed by atoms with E-state index in [1.54, 1.807) is 23.2 Å². The molecule has 1 aromatic heterocycles. The van der Waals surface area contributed by atoms with Gasteiger partial charge in [0.05, 0.1) is 17.8 Å². The maximum Gasteiger partial charge on any atom is 0.248 e. The van der Waals surface area contributed by atoms with Gasteiger partial charge < -0.3 is 15.1 Å². The lowest BCUT2D eigenvalue weighted by molar-refractivity contribution is -0.136. The topological polar surface area (TPSA) is 89.5 Å². The highest BCUT2D eigenvalue weighted by Gasteiger charge is 2.40. The Labute approximate surface area is 151 Å². The van der Waals surface area contributed by atoms with Crippen LogP contribution in [-0.2, 0) is 4.79 Å². The third kappa shape index (κ3) is 3.38. The van der Waals surface area contributed by atoms with Crippen molar-refractivity contribution in [2.45, 2.75) is 32.8 Å². The Morgan fingerprint density at radius 2 is 2.12 bits per heavy atom. The molecular weight excluding hydrogens is 342 g/mol. The summed E-state index contributed by atoms with van der Waals surface area (Å²) in [6.45, 7) is 4.88. The van der Waals surface area contributed by atoms with Crippen molar-refractivity contribution in [1.29, 1.82) is 0 Å². The van der Waals surface area contributed by atoms with E-state index in [4.69, 9.17) is 16.7 Å². The number of benzene rings is 1. The quantitative estimate of drug-likeness (QED) is 0.776. The summed E-state index contributed by atoms with van der Waals surface area (Å²) in [5.74, 6) is 0.0259. The highest BCUT2D eigenvalue weighted by atomic mass is 35.5. The summed E-state index contributed by atoms with van der Waals surface area (Å²) >= 11 is 6.20. The molecule has 1 aromatic carbocycles. The molecule has 136 valence electrons. The van der Waals surface area contributed by atoms with Crippen LogP contribution < -0.4 is 0 Å². The van der Waals surface area contributed by atoms with E-state index < -0.39 is 12.7 Å². The van der Waals surface area contributed by atoms with Gasteiger partial charge >= 0.3 is 0 Å². The first-order valence-electron chi connectivity index (χ1n) is 8.53. The number of aromatic amines is 1. The molecule has 2 heterocycles. The van der Waals surface area contributed by atoms with E-state index in [0.717, 1.165) is 29.3 Å². The molecule has 1 aliphatic heterocycles. The van der Waals surface area contributed by atoms with Gasteiger partial charge in [0.15, 0.2) is 0 Å². The Balaban J connectivity index is 1.82. The minimum absolute atomic E-state index is 0.230. The Morgan fingerprint density at radius 1 is 1.44 bits per heavy atom. The summed E-state index contributed by atoms with van der Waals surface area (Å²) in [5.41, 5.74) is 1.19. The number of piperidine rings is 1. The molecule has 1 atom stereocenters. The van der Waals surface area contributed by atoms with E-state index >= 15 is 0 Å². The lowest BCUT2D eigenvalue weighted by atomic mass is 9.68. The molecule has 3 rings (SSSR count). The van der Waals surface area contributed by atoms with Crippen LogP contribution in [0.1, 0.15) is 38.4 Å². The van der Waals surface area contributed by atoms with E-state index in [0.29, 0.717) is 18.1 Å². The lowest BCUT2D eigenvalue weighted by Crippen LogP contribution is -2.44. The van der Waals surface area contributed by atoms with Gasteiger partial charge in [-0.15, -0.1) is 0 Å². The van der Waals surface area contributed by atoms with Crippen LogP contribution in [0.15, 0.2) is 18.3 Å². The number of nitrogens with zero attached hydrogens (tertiary/aromatic N) is 2. The molecule has 25 heavy (non-hydrogen) atoms. The first-order valence-corrected chi connectivity index (χ1v) is 8.91. The number of aliphatic hydroxyl groups excluding tert-OH is 2. The molecule has 0 bridgehead atoms. The van der Waals surface area contributed by atoms with Crippen molar-refractivity contribution in [2.75, 3.05) is 19.7 Å². The number of likely N-dealkylation sites (tertiary alicyclic amines) is 1. The van der Waals surface area contributed by atoms with Crippen molar-refractivity contribution in [2.24, 2.45) is 11.3 Å². The predicted molar refractivity (Wildman–Crippen MR) is 96.2 cm³/mol. The second-order valence-electron chi connectivity index (χ2n) is 7.36. The predicted octanol–water partition coefficient (Wildman–Crippen LogP) is 2.51. The number of aromatic nitrogens is 2. The number of hydrogen-bond acceptors (Lipinski definition) is 4. The largest absolute Gasteiger partial charge is 0.388 e. The highest BCUT2D eigenvalue weighted by molar-refractivity contribution is 6.31. The molecule has 1 amide bonds. The second kappa shape index (κ2) is 6.94. The molecule has 0 saturated carbocycles. The molecule has 7 heteroatoms. The average Bonchev–Trinajstić information content (AvgIpc) is 3.08. The minimum Gasteiger partial charge on any atom is -0.388 e. The molecule has 1 fully saturated rings. The molecule has 1 aliphatic rings. The van der Waals surface area contributed by atoms with E-state index in [1.165, 1.54) is 0 Å². The van der Waals surface area contributed by atoms with Gasteiger partial charge in [0.2, 0.25) is 5.91 Å². The monoisotopic (exact) mass is 365 g/mol. The number of fused-ring (bicyclic) bond motifs is 1. The number of H-pyrrole nitrogens is 1. The summed E-state index contributed by atoms with van der Waals surface area (Å²) in [5, 5.41) is 28.5. The Morgan fingerprint density at radius 3 is 2.76 bits per heavy atom. The van der Waals surface area contributed by atoms with Gasteiger partial charge in [-0.3, -0.25) is 9.89 Å². The maximum atomic E-state index is 11.6. The molecule has 0 unspecified atom stereocenters. The highest BCUT2D eigenvalue weighted by Crippen LogP contribution is 2.46. The molecule has 2 aromatic rings. The van der Waals surface area contributed by atoms with Gasteiger partial charge in [-0.1, -0.05) is 25.4 Å². The van der Waals surface area contributed by atoms with Crippen LogP contribution in [0.5, 0.6) is 0 Å². The zero-order valence-corrected chi connectivity index (χ0v) is 15.3. The number of halogens is 1. The van der Waals surface area contributed by atoms with Gasteiger partial charge in [-0.05, 0) is 41.9 Å². The van der Waals surface area contributed by atoms with Crippen molar-refractivity contribution in [3.63, 3.8) is 0 Å². The Bertz CT molecular complexity index is 766. The Kier molecular flexibility index (Phi) is 5.04. The van der Waals surface area contributed by atoms with Crippen molar-refractivity contribution >= 4 is 28.4 Å². The van der Waals surface area contributed by atoms with Crippen LogP contribution in [0.25, 0.3) is 10.9 Å². The molecular formula is C18H24ClN3O3. The maximum absolute atomic E-state index is 11.6. The van der Waals surface area contributed by atoms with Gasteiger partial charge in [-0.25, -0.2) is 0 Å². The standard InChI is InChI=1S/C18H24ClN3O3/c1-18(2,11-3-5-22(6-4-11)16(24)10-23)17(25)13-7-12(19)8-15-14(13)9-20-21-15/h7-9,11,17,23,25H,3-6,10H2,1-2H3,(H,20,21)/t17-/m0/s1. The van der Waals surface area contributed by atoms with Gasteiger partial charge in [0.1, 0.15) is 6.61 Å². The molecule has 3 N–H and O–H groups in total. The number of aliphatic hydroxyl groups is 2. The lowest BCUT2D eigenvalue weighted by Gasteiger charge is -2.43. The third-order valence-corrected chi connectivity index (χ3v) is 5.81. The van der Waals surface area contributed by atoms with E-state index in [-0.39, 0.29) is 17.2 Å². The number of hydrogen-bond donors (Lipinski definition) is 3. The van der Waals surface area contributed by atoms with E-state index in [2.05, 4.69) is 24.0 Å². The van der Waals surface area contributed by atoms with E-state index in [9.17, 15) is 9.90 Å². The number of amides is 1. The fourth-order valence-electron chi connectivity index (χ4n) is 3.87. The number of nitrogens with one attached hydrogen (secondary N) is 1. The van der Waals surface area contributed by atoms with Crippen LogP contribution in [0.2, 0.25) is 5.02 Å². The van der Waals surface area contributed by atoms with Crippen LogP contribution >= 0.6 is 11.6 Å². The van der Waals surface area contributed by atoms with E-state index in [1.807, 2.05) is 0 Å². The number of carbonyl (C=O) groups excluding carboxylic acids is 1. The van der Waals surface area contributed by atoms with Crippen molar-refractivity contribution in [1.82, 2.24) is 15.1 Å². The average molecular weight is 366 g/mol. The summed E-state index contributed by atoms with van der Waals surface area (Å²) < 4.78 is 0. The summed E-state index contributed by atoms with van der Waals surface area (Å²) in [4.78, 5) is 13.3. The smallest absolute Gasteiger partial charge is 0.248 e. The molecule has 6 nitrogen and oxygen atoms in total. The number of rotatable bonds is 4. The molecule has 0 aliphatic carbocycles. The minimum atomic E-state index is -0.698. The van der Waals surface area contributed by atoms with Crippen LogP contribution in [0.4, 0.5) is 0 Å². The summed E-state index contributed by atoms with van der Waals surface area (Å²) in [6.07, 6.45) is 2.61. The van der Waals surface area contributed by atoms with Gasteiger partial charge in [-0.2, -0.15) is 5.10 Å². The van der Waals surface area contributed by atoms with Crippen LogP contribution in [0, 0.1) is 11.3 Å². The van der Waals surface area contributed by atoms with Crippen LogP contribution in [-0.4, -0.2) is 50.9 Å². The molecule has 0 radical (unpaired) electrons. The van der Waals surface area contributed by atoms with Crippen LogP contribution in [0.3, 0.4) is 0 Å². The second-order valence-corrected chi connectivity index (χ2v) is 7.80. The summed E-state index contributed by atoms with van der Waals surface area (Å²) in [7, 11) is 0. The van der Waals surface area contributed by atoms with Crippen molar-refractivity contribution in [3.05, 3.63) is 28.9 Å². The molecule has 1 saturated heterocycles.